The molecule has 0 aromatic heterocycles. The minimum Gasteiger partial charge on any atom is -0.462 e. The second-order valence-corrected chi connectivity index (χ2v) is 3.55. The van der Waals surface area contributed by atoms with Gasteiger partial charge >= 0.3 is 5.97 Å². The van der Waals surface area contributed by atoms with Gasteiger partial charge in [0.1, 0.15) is 6.10 Å². The van der Waals surface area contributed by atoms with E-state index in [1.54, 1.807) is 0 Å². The van der Waals surface area contributed by atoms with Crippen LogP contribution in [0.2, 0.25) is 0 Å². The zero-order chi connectivity index (χ0) is 8.72. The summed E-state index contributed by atoms with van der Waals surface area (Å²) in [7, 11) is 0. The summed E-state index contributed by atoms with van der Waals surface area (Å²) in [6.07, 6.45) is 0.192. The van der Waals surface area contributed by atoms with E-state index in [-0.39, 0.29) is 30.5 Å². The quantitative estimate of drug-likeness (QED) is 0.513. The number of hydrogen-bond acceptors (Lipinski definition) is 4. The third kappa shape index (κ3) is 1.03. The summed E-state index contributed by atoms with van der Waals surface area (Å²) in [6, 6.07) is 0. The fraction of sp³-hybridized carbons (Fsp3) is 0.875. The number of aliphatic hydroxyl groups excluding tert-OH is 2. The average Bonchev–Trinajstić information content (AvgIpc) is 2.43. The van der Waals surface area contributed by atoms with Crippen LogP contribution in [0.3, 0.4) is 0 Å². The first-order chi connectivity index (χ1) is 5.72. The van der Waals surface area contributed by atoms with Crippen molar-refractivity contribution in [3.05, 3.63) is 0 Å². The van der Waals surface area contributed by atoms with Crippen molar-refractivity contribution >= 4 is 5.97 Å². The summed E-state index contributed by atoms with van der Waals surface area (Å²) in [4.78, 5) is 10.8. The number of fused-ring (bicyclic) bond motifs is 1. The summed E-state index contributed by atoms with van der Waals surface area (Å²) in [5.41, 5.74) is 0. The molecule has 2 N–H and O–H groups in total. The molecule has 2 rings (SSSR count). The number of ether oxygens (including phenoxy) is 1. The van der Waals surface area contributed by atoms with Gasteiger partial charge in [-0.1, -0.05) is 0 Å². The maximum atomic E-state index is 10.8. The predicted octanol–water partition coefficient (Wildman–Crippen LogP) is -0.709. The molecular weight excluding hydrogens is 160 g/mol. The third-order valence-corrected chi connectivity index (χ3v) is 2.89. The Balaban J connectivity index is 2.11. The summed E-state index contributed by atoms with van der Waals surface area (Å²) >= 11 is 0. The highest BCUT2D eigenvalue weighted by Gasteiger charge is 2.49. The van der Waals surface area contributed by atoms with Crippen molar-refractivity contribution in [2.75, 3.05) is 6.61 Å². The van der Waals surface area contributed by atoms with E-state index in [1.165, 1.54) is 0 Å². The smallest absolute Gasteiger partial charge is 0.306 e. The van der Waals surface area contributed by atoms with Crippen LogP contribution in [0.4, 0.5) is 0 Å². The summed E-state index contributed by atoms with van der Waals surface area (Å²) in [6.45, 7) is -0.0566. The van der Waals surface area contributed by atoms with Crippen molar-refractivity contribution < 1.29 is 19.7 Å². The average molecular weight is 172 g/mol. The molecule has 2 aliphatic rings. The molecule has 0 bridgehead atoms. The highest BCUT2D eigenvalue weighted by atomic mass is 16.6. The Morgan fingerprint density at radius 1 is 1.58 bits per heavy atom. The molecule has 12 heavy (non-hydrogen) atoms. The standard InChI is InChI=1S/C8H12O4/c9-3-5-4-1-8(11)12-7(4)2-6(5)10/h4-7,9-10H,1-3H2/t4?,5-,6?,7?/m1/s1. The second-order valence-electron chi connectivity index (χ2n) is 3.55. The van der Waals surface area contributed by atoms with Crippen molar-refractivity contribution in [2.24, 2.45) is 11.8 Å². The SMILES string of the molecule is O=C1CC2C(CC(O)[C@@H]2CO)O1. The molecule has 0 amide bonds. The Labute approximate surface area is 70.1 Å². The van der Waals surface area contributed by atoms with Gasteiger partial charge in [0.2, 0.25) is 0 Å². The Kier molecular flexibility index (Phi) is 1.81. The van der Waals surface area contributed by atoms with E-state index < -0.39 is 6.10 Å². The van der Waals surface area contributed by atoms with Crippen LogP contribution in [-0.2, 0) is 9.53 Å². The monoisotopic (exact) mass is 172 g/mol. The molecular formula is C8H12O4. The normalized spacial score (nSPS) is 46.0. The Morgan fingerprint density at radius 2 is 2.33 bits per heavy atom. The van der Waals surface area contributed by atoms with E-state index in [1.807, 2.05) is 0 Å². The maximum Gasteiger partial charge on any atom is 0.306 e. The fourth-order valence-corrected chi connectivity index (χ4v) is 2.23. The van der Waals surface area contributed by atoms with Crippen LogP contribution in [0.5, 0.6) is 0 Å². The number of aliphatic hydroxyl groups is 2. The molecule has 0 spiro atoms. The van der Waals surface area contributed by atoms with Crippen molar-refractivity contribution in [3.8, 4) is 0 Å². The van der Waals surface area contributed by atoms with Crippen LogP contribution in [0, 0.1) is 11.8 Å². The summed E-state index contributed by atoms with van der Waals surface area (Å²) < 4.78 is 4.98. The van der Waals surface area contributed by atoms with Crippen LogP contribution in [0.15, 0.2) is 0 Å². The highest BCUT2D eigenvalue weighted by Crippen LogP contribution is 2.40. The summed E-state index contributed by atoms with van der Waals surface area (Å²) in [5, 5.41) is 18.4. The molecule has 0 radical (unpaired) electrons. The molecule has 4 nitrogen and oxygen atoms in total. The lowest BCUT2D eigenvalue weighted by Gasteiger charge is -2.14. The molecule has 1 aliphatic heterocycles. The molecule has 1 saturated heterocycles. The maximum absolute atomic E-state index is 10.8. The van der Waals surface area contributed by atoms with E-state index >= 15 is 0 Å². The van der Waals surface area contributed by atoms with Gasteiger partial charge in [-0.25, -0.2) is 0 Å². The van der Waals surface area contributed by atoms with Crippen LogP contribution in [-0.4, -0.2) is 35.0 Å². The molecule has 4 heteroatoms. The molecule has 1 aliphatic carbocycles. The van der Waals surface area contributed by atoms with Gasteiger partial charge in [0.05, 0.1) is 12.5 Å². The molecule has 4 atom stereocenters. The van der Waals surface area contributed by atoms with Gasteiger partial charge in [-0.15, -0.1) is 0 Å². The third-order valence-electron chi connectivity index (χ3n) is 2.89. The number of carbonyl (C=O) groups is 1. The first kappa shape index (κ1) is 8.01. The van der Waals surface area contributed by atoms with Crippen molar-refractivity contribution in [2.45, 2.75) is 25.0 Å². The number of hydrogen-bond donors (Lipinski definition) is 2. The van der Waals surface area contributed by atoms with Crippen LogP contribution in [0.1, 0.15) is 12.8 Å². The molecule has 2 fully saturated rings. The lowest BCUT2D eigenvalue weighted by atomic mass is 9.93. The number of carbonyl (C=O) groups excluding carboxylic acids is 1. The molecule has 3 unspecified atom stereocenters. The summed E-state index contributed by atoms with van der Waals surface area (Å²) in [5.74, 6) is -0.325. The van der Waals surface area contributed by atoms with E-state index in [9.17, 15) is 9.90 Å². The van der Waals surface area contributed by atoms with Gasteiger partial charge in [0.25, 0.3) is 0 Å². The van der Waals surface area contributed by atoms with Gasteiger partial charge in [0.15, 0.2) is 0 Å². The number of esters is 1. The fourth-order valence-electron chi connectivity index (χ4n) is 2.23. The van der Waals surface area contributed by atoms with Gasteiger partial charge < -0.3 is 14.9 Å². The Morgan fingerprint density at radius 3 is 3.00 bits per heavy atom. The molecule has 0 aromatic carbocycles. The van der Waals surface area contributed by atoms with E-state index in [2.05, 4.69) is 0 Å². The van der Waals surface area contributed by atoms with E-state index in [4.69, 9.17) is 9.84 Å². The first-order valence-electron chi connectivity index (χ1n) is 4.20. The topological polar surface area (TPSA) is 66.8 Å². The van der Waals surface area contributed by atoms with E-state index in [0.717, 1.165) is 0 Å². The predicted molar refractivity (Wildman–Crippen MR) is 39.2 cm³/mol. The molecule has 1 saturated carbocycles. The van der Waals surface area contributed by atoms with Crippen molar-refractivity contribution in [1.82, 2.24) is 0 Å². The Bertz CT molecular complexity index is 203. The second kappa shape index (κ2) is 2.71. The van der Waals surface area contributed by atoms with Gasteiger partial charge in [0, 0.05) is 24.9 Å². The minimum absolute atomic E-state index is 0.0394. The first-order valence-corrected chi connectivity index (χ1v) is 4.20. The van der Waals surface area contributed by atoms with Crippen molar-refractivity contribution in [3.63, 3.8) is 0 Å². The van der Waals surface area contributed by atoms with Gasteiger partial charge in [-0.2, -0.15) is 0 Å². The molecule has 68 valence electrons. The van der Waals surface area contributed by atoms with Crippen LogP contribution in [0.25, 0.3) is 0 Å². The van der Waals surface area contributed by atoms with Crippen LogP contribution < -0.4 is 0 Å². The lowest BCUT2D eigenvalue weighted by Crippen LogP contribution is -2.23. The number of rotatable bonds is 1. The zero-order valence-corrected chi connectivity index (χ0v) is 6.64. The molecule has 0 aromatic rings. The largest absolute Gasteiger partial charge is 0.462 e. The highest BCUT2D eigenvalue weighted by molar-refractivity contribution is 5.72. The van der Waals surface area contributed by atoms with E-state index in [0.29, 0.717) is 12.8 Å². The lowest BCUT2D eigenvalue weighted by molar-refractivity contribution is -0.141. The van der Waals surface area contributed by atoms with Crippen LogP contribution >= 0.6 is 0 Å². The van der Waals surface area contributed by atoms with Gasteiger partial charge in [-0.05, 0) is 0 Å². The molecule has 1 heterocycles. The zero-order valence-electron chi connectivity index (χ0n) is 6.64. The van der Waals surface area contributed by atoms with Crippen molar-refractivity contribution in [1.29, 1.82) is 0 Å². The van der Waals surface area contributed by atoms with Gasteiger partial charge in [-0.3, -0.25) is 4.79 Å². The minimum atomic E-state index is -0.502. The Hall–Kier alpha value is -0.610.